The Morgan fingerprint density at radius 3 is 2.55 bits per heavy atom. The number of halogens is 1. The van der Waals surface area contributed by atoms with E-state index in [4.69, 9.17) is 4.74 Å². The molecular weight excluding hydrogens is 257 g/mol. The van der Waals surface area contributed by atoms with Gasteiger partial charge in [0.25, 0.3) is 0 Å². The van der Waals surface area contributed by atoms with Gasteiger partial charge in [-0.2, -0.15) is 0 Å². The first-order valence-corrected chi connectivity index (χ1v) is 6.60. The largest absolute Gasteiger partial charge is 0.480 e. The van der Waals surface area contributed by atoms with Crippen molar-refractivity contribution in [1.82, 2.24) is 15.3 Å². The zero-order valence-electron chi connectivity index (χ0n) is 11.6. The Morgan fingerprint density at radius 1 is 1.20 bits per heavy atom. The number of methoxy groups -OCH3 is 1. The Morgan fingerprint density at radius 2 is 1.90 bits per heavy atom. The van der Waals surface area contributed by atoms with E-state index in [2.05, 4.69) is 22.2 Å². The van der Waals surface area contributed by atoms with Crippen molar-refractivity contribution >= 4 is 0 Å². The summed E-state index contributed by atoms with van der Waals surface area (Å²) in [7, 11) is 1.56. The third-order valence-electron chi connectivity index (χ3n) is 2.96. The van der Waals surface area contributed by atoms with Gasteiger partial charge in [-0.25, -0.2) is 9.37 Å². The van der Waals surface area contributed by atoms with E-state index >= 15 is 0 Å². The van der Waals surface area contributed by atoms with Crippen LogP contribution in [0.3, 0.4) is 0 Å². The summed E-state index contributed by atoms with van der Waals surface area (Å²) in [5, 5.41) is 3.39. The minimum absolute atomic E-state index is 0.167. The number of hydrogen-bond acceptors (Lipinski definition) is 4. The van der Waals surface area contributed by atoms with Crippen molar-refractivity contribution in [1.29, 1.82) is 0 Å². The number of nitrogens with one attached hydrogen (secondary N) is 1. The second-order valence-electron chi connectivity index (χ2n) is 4.39. The molecule has 1 aromatic carbocycles. The van der Waals surface area contributed by atoms with Crippen LogP contribution in [0.1, 0.15) is 30.6 Å². The van der Waals surface area contributed by atoms with Gasteiger partial charge in [-0.1, -0.05) is 19.1 Å². The van der Waals surface area contributed by atoms with E-state index in [1.807, 2.05) is 0 Å². The molecule has 1 heterocycles. The zero-order chi connectivity index (χ0) is 14.4. The molecule has 0 radical (unpaired) electrons. The second kappa shape index (κ2) is 6.96. The molecule has 0 spiro atoms. The molecule has 0 saturated carbocycles. The monoisotopic (exact) mass is 275 g/mol. The van der Waals surface area contributed by atoms with Crippen molar-refractivity contribution in [3.8, 4) is 5.88 Å². The van der Waals surface area contributed by atoms with Crippen LogP contribution in [0.5, 0.6) is 5.88 Å². The molecule has 5 heteroatoms. The lowest BCUT2D eigenvalue weighted by Gasteiger charge is -2.19. The second-order valence-corrected chi connectivity index (χ2v) is 4.39. The van der Waals surface area contributed by atoms with Crippen LogP contribution in [-0.2, 0) is 0 Å². The van der Waals surface area contributed by atoms with Gasteiger partial charge >= 0.3 is 0 Å². The third-order valence-corrected chi connectivity index (χ3v) is 2.96. The fraction of sp³-hybridized carbons (Fsp3) is 0.333. The number of benzene rings is 1. The van der Waals surface area contributed by atoms with Gasteiger partial charge < -0.3 is 10.1 Å². The predicted octanol–water partition coefficient (Wildman–Crippen LogP) is 2.71. The van der Waals surface area contributed by atoms with Crippen LogP contribution < -0.4 is 10.1 Å². The fourth-order valence-electron chi connectivity index (χ4n) is 2.01. The molecule has 0 bridgehead atoms. The molecule has 1 atom stereocenters. The molecule has 2 rings (SSSR count). The summed E-state index contributed by atoms with van der Waals surface area (Å²) in [5.74, 6) is 0.222. The average Bonchev–Trinajstić information content (AvgIpc) is 2.50. The Balaban J connectivity index is 2.38. The van der Waals surface area contributed by atoms with Crippen molar-refractivity contribution in [2.45, 2.75) is 19.4 Å². The number of ether oxygens (including phenoxy) is 1. The van der Waals surface area contributed by atoms with Gasteiger partial charge in [-0.3, -0.25) is 4.98 Å². The molecule has 106 valence electrons. The smallest absolute Gasteiger partial charge is 0.237 e. The van der Waals surface area contributed by atoms with E-state index in [1.54, 1.807) is 31.6 Å². The van der Waals surface area contributed by atoms with Crippen LogP contribution in [0.4, 0.5) is 4.39 Å². The van der Waals surface area contributed by atoms with Crippen LogP contribution in [-0.4, -0.2) is 23.6 Å². The SMILES string of the molecule is CCCNC(c1ccc(F)cc1)c1nccnc1OC. The molecule has 4 nitrogen and oxygen atoms in total. The Labute approximate surface area is 118 Å². The topological polar surface area (TPSA) is 47.0 Å². The summed E-state index contributed by atoms with van der Waals surface area (Å²) >= 11 is 0. The van der Waals surface area contributed by atoms with E-state index in [-0.39, 0.29) is 11.9 Å². The van der Waals surface area contributed by atoms with Crippen LogP contribution in [0.25, 0.3) is 0 Å². The molecule has 1 aromatic heterocycles. The molecule has 2 aromatic rings. The highest BCUT2D eigenvalue weighted by atomic mass is 19.1. The Bertz CT molecular complexity index is 545. The maximum atomic E-state index is 13.1. The third kappa shape index (κ3) is 3.30. The van der Waals surface area contributed by atoms with Crippen molar-refractivity contribution in [2.24, 2.45) is 0 Å². The first-order valence-electron chi connectivity index (χ1n) is 6.60. The Hall–Kier alpha value is -2.01. The van der Waals surface area contributed by atoms with E-state index in [0.29, 0.717) is 11.6 Å². The predicted molar refractivity (Wildman–Crippen MR) is 75.1 cm³/mol. The van der Waals surface area contributed by atoms with Crippen LogP contribution >= 0.6 is 0 Å². The maximum Gasteiger partial charge on any atom is 0.237 e. The molecule has 0 aliphatic heterocycles. The van der Waals surface area contributed by atoms with Crippen molar-refractivity contribution in [3.63, 3.8) is 0 Å². The molecule has 1 unspecified atom stereocenters. The normalized spacial score (nSPS) is 12.2. The summed E-state index contributed by atoms with van der Waals surface area (Å²) in [6.07, 6.45) is 4.20. The number of aromatic nitrogens is 2. The minimum Gasteiger partial charge on any atom is -0.480 e. The number of nitrogens with zero attached hydrogens (tertiary/aromatic N) is 2. The highest BCUT2D eigenvalue weighted by Crippen LogP contribution is 2.26. The first-order chi connectivity index (χ1) is 9.76. The lowest BCUT2D eigenvalue weighted by molar-refractivity contribution is 0.382. The number of hydrogen-bond donors (Lipinski definition) is 1. The van der Waals surface area contributed by atoms with Crippen molar-refractivity contribution < 1.29 is 9.13 Å². The first kappa shape index (κ1) is 14.4. The van der Waals surface area contributed by atoms with E-state index in [1.165, 1.54) is 12.1 Å². The van der Waals surface area contributed by atoms with Crippen molar-refractivity contribution in [3.05, 3.63) is 53.7 Å². The molecule has 0 aliphatic rings. The Kier molecular flexibility index (Phi) is 5.01. The summed E-state index contributed by atoms with van der Waals surface area (Å²) in [4.78, 5) is 8.53. The average molecular weight is 275 g/mol. The molecule has 20 heavy (non-hydrogen) atoms. The van der Waals surface area contributed by atoms with Crippen molar-refractivity contribution in [2.75, 3.05) is 13.7 Å². The van der Waals surface area contributed by atoms with Gasteiger partial charge in [0.15, 0.2) is 0 Å². The molecule has 0 saturated heterocycles. The van der Waals surface area contributed by atoms with Crippen LogP contribution in [0, 0.1) is 5.82 Å². The zero-order valence-corrected chi connectivity index (χ0v) is 11.6. The summed E-state index contributed by atoms with van der Waals surface area (Å²) in [6.45, 7) is 2.91. The van der Waals surface area contributed by atoms with Gasteiger partial charge in [-0.15, -0.1) is 0 Å². The minimum atomic E-state index is -0.255. The maximum absolute atomic E-state index is 13.1. The van der Waals surface area contributed by atoms with Gasteiger partial charge in [-0.05, 0) is 30.7 Å². The van der Waals surface area contributed by atoms with E-state index in [0.717, 1.165) is 18.5 Å². The number of rotatable bonds is 6. The summed E-state index contributed by atoms with van der Waals surface area (Å²) in [5.41, 5.74) is 1.63. The molecule has 0 amide bonds. The lowest BCUT2D eigenvalue weighted by Crippen LogP contribution is -2.25. The van der Waals surface area contributed by atoms with E-state index in [9.17, 15) is 4.39 Å². The molecule has 1 N–H and O–H groups in total. The van der Waals surface area contributed by atoms with Gasteiger partial charge in [0, 0.05) is 12.4 Å². The highest BCUT2D eigenvalue weighted by Gasteiger charge is 2.19. The van der Waals surface area contributed by atoms with Gasteiger partial charge in [0.2, 0.25) is 5.88 Å². The summed E-state index contributed by atoms with van der Waals surface area (Å²) < 4.78 is 18.3. The van der Waals surface area contributed by atoms with Gasteiger partial charge in [0.05, 0.1) is 13.2 Å². The molecular formula is C15H18FN3O. The standard InChI is InChI=1S/C15H18FN3O/c1-3-8-17-13(11-4-6-12(16)7-5-11)14-15(20-2)19-10-9-18-14/h4-7,9-10,13,17H,3,8H2,1-2H3. The lowest BCUT2D eigenvalue weighted by atomic mass is 10.0. The fourth-order valence-corrected chi connectivity index (χ4v) is 2.01. The van der Waals surface area contributed by atoms with E-state index < -0.39 is 0 Å². The molecule has 0 fully saturated rings. The van der Waals surface area contributed by atoms with Crippen LogP contribution in [0.2, 0.25) is 0 Å². The van der Waals surface area contributed by atoms with Gasteiger partial charge in [0.1, 0.15) is 11.5 Å². The summed E-state index contributed by atoms with van der Waals surface area (Å²) in [6, 6.07) is 6.21. The molecule has 0 aliphatic carbocycles. The van der Waals surface area contributed by atoms with Crippen LogP contribution in [0.15, 0.2) is 36.7 Å². The highest BCUT2D eigenvalue weighted by molar-refractivity contribution is 5.32. The quantitative estimate of drug-likeness (QED) is 0.880.